The Morgan fingerprint density at radius 3 is 2.58 bits per heavy atom. The molecule has 1 saturated heterocycles. The van der Waals surface area contributed by atoms with Gasteiger partial charge >= 0.3 is 0 Å². The first-order valence-electron chi connectivity index (χ1n) is 12.3. The van der Waals surface area contributed by atoms with Crippen molar-refractivity contribution in [2.45, 2.75) is 39.7 Å². The van der Waals surface area contributed by atoms with Crippen LogP contribution in [-0.2, 0) is 0 Å². The Labute approximate surface area is 186 Å². The summed E-state index contributed by atoms with van der Waals surface area (Å²) in [7, 11) is 0. The van der Waals surface area contributed by atoms with Crippen molar-refractivity contribution in [2.75, 3.05) is 31.1 Å². The summed E-state index contributed by atoms with van der Waals surface area (Å²) in [5, 5.41) is 4.61. The predicted molar refractivity (Wildman–Crippen MR) is 117 cm³/mol. The number of aromatic nitrogens is 3. The van der Waals surface area contributed by atoms with Crippen LogP contribution in [-0.4, -0.2) is 46.9 Å². The van der Waals surface area contributed by atoms with E-state index >= 15 is 0 Å². The van der Waals surface area contributed by atoms with Crippen molar-refractivity contribution in [3.63, 3.8) is 0 Å². The molecule has 2 aliphatic heterocycles. The van der Waals surface area contributed by atoms with E-state index in [1.807, 2.05) is 13.8 Å². The number of anilines is 1. The van der Waals surface area contributed by atoms with Crippen LogP contribution < -0.4 is 24.7 Å². The van der Waals surface area contributed by atoms with E-state index in [0.29, 0.717) is 30.2 Å². The molecular weight excluding hydrogens is 396 g/mol. The molecule has 0 saturated carbocycles. The maximum atomic E-state index is 12.5. The summed E-state index contributed by atoms with van der Waals surface area (Å²) in [4.78, 5) is 19.1. The zero-order valence-corrected chi connectivity index (χ0v) is 17.6. The number of aryl methyl sites for hydroxylation is 2. The predicted octanol–water partition coefficient (Wildman–Crippen LogP) is 2.83. The third-order valence-corrected chi connectivity index (χ3v) is 5.78. The highest BCUT2D eigenvalue weighted by atomic mass is 16.6. The van der Waals surface area contributed by atoms with E-state index in [-0.39, 0.29) is 23.2 Å². The monoisotopic (exact) mass is 426 g/mol. The molecule has 0 amide bonds. The van der Waals surface area contributed by atoms with Crippen molar-refractivity contribution in [2.24, 2.45) is 0 Å². The number of rotatable bonds is 3. The van der Waals surface area contributed by atoms with Gasteiger partial charge in [-0.1, -0.05) is 0 Å². The molecule has 0 bridgehead atoms. The molecule has 8 nitrogen and oxygen atoms in total. The summed E-state index contributed by atoms with van der Waals surface area (Å²) in [6.45, 7) is 1.89. The van der Waals surface area contributed by atoms with Gasteiger partial charge in [-0.3, -0.25) is 4.79 Å². The van der Waals surface area contributed by atoms with Crippen LogP contribution in [0.1, 0.15) is 35.1 Å². The first-order chi connectivity index (χ1) is 16.4. The smallest absolute Gasteiger partial charge is 0.274 e. The standard InChI is InChI=1S/C23H26N4O4/c1-14-12-21(28)27-22(24-14)15(2)16(3)23(25-27)26-8-6-17(7-9-26)31-18-4-5-19-20(13-18)30-11-10-29-19/h4-5,12-13,17H,6-11H2,1-3H3/i10D2,11D2. The fourth-order valence-corrected chi connectivity index (χ4v) is 3.99. The summed E-state index contributed by atoms with van der Waals surface area (Å²) in [6, 6.07) is 6.18. The van der Waals surface area contributed by atoms with E-state index in [0.717, 1.165) is 29.8 Å². The minimum atomic E-state index is -2.62. The van der Waals surface area contributed by atoms with E-state index < -0.39 is 13.1 Å². The average molecular weight is 427 g/mol. The molecule has 0 spiro atoms. The molecule has 31 heavy (non-hydrogen) atoms. The van der Waals surface area contributed by atoms with E-state index in [4.69, 9.17) is 19.7 Å². The fourth-order valence-electron chi connectivity index (χ4n) is 3.99. The lowest BCUT2D eigenvalue weighted by Crippen LogP contribution is -2.39. The number of nitrogens with zero attached hydrogens (tertiary/aromatic N) is 4. The van der Waals surface area contributed by atoms with Crippen molar-refractivity contribution in [1.82, 2.24) is 14.6 Å². The van der Waals surface area contributed by atoms with Gasteiger partial charge in [-0.15, -0.1) is 5.10 Å². The molecular formula is C23H26N4O4. The second kappa shape index (κ2) is 7.76. The lowest BCUT2D eigenvalue weighted by molar-refractivity contribution is 0.159. The van der Waals surface area contributed by atoms with Gasteiger partial charge in [-0.2, -0.15) is 4.52 Å². The number of hydrogen-bond donors (Lipinski definition) is 0. The highest BCUT2D eigenvalue weighted by molar-refractivity contribution is 5.59. The molecule has 3 aromatic rings. The summed E-state index contributed by atoms with van der Waals surface area (Å²) >= 11 is 0. The minimum absolute atomic E-state index is 0.0779. The molecule has 4 heterocycles. The number of benzene rings is 1. The Hall–Kier alpha value is -3.29. The molecule has 8 heteroatoms. The second-order valence-corrected chi connectivity index (χ2v) is 7.87. The van der Waals surface area contributed by atoms with Crippen LogP contribution in [0.3, 0.4) is 0 Å². The summed E-state index contributed by atoms with van der Waals surface area (Å²) in [5.41, 5.74) is 2.95. The van der Waals surface area contributed by atoms with Gasteiger partial charge in [0.1, 0.15) is 25.0 Å². The van der Waals surface area contributed by atoms with Gasteiger partial charge in [0.2, 0.25) is 0 Å². The Bertz CT molecular complexity index is 1370. The number of fused-ring (bicyclic) bond motifs is 2. The third kappa shape index (κ3) is 3.66. The molecule has 0 aliphatic carbocycles. The molecule has 2 aromatic heterocycles. The topological polar surface area (TPSA) is 78.2 Å². The lowest BCUT2D eigenvalue weighted by atomic mass is 10.1. The van der Waals surface area contributed by atoms with Gasteiger partial charge in [0, 0.05) is 54.9 Å². The quantitative estimate of drug-likeness (QED) is 0.637. The summed E-state index contributed by atoms with van der Waals surface area (Å²) < 4.78 is 48.7. The van der Waals surface area contributed by atoms with Crippen molar-refractivity contribution < 1.29 is 19.7 Å². The van der Waals surface area contributed by atoms with Crippen molar-refractivity contribution >= 4 is 11.5 Å². The second-order valence-electron chi connectivity index (χ2n) is 7.87. The van der Waals surface area contributed by atoms with E-state index in [1.165, 1.54) is 22.7 Å². The van der Waals surface area contributed by atoms with Crippen LogP contribution in [0, 0.1) is 20.8 Å². The normalized spacial score (nSPS) is 21.7. The first kappa shape index (κ1) is 15.5. The van der Waals surface area contributed by atoms with Crippen LogP contribution in [0.2, 0.25) is 0 Å². The van der Waals surface area contributed by atoms with E-state index in [2.05, 4.69) is 15.0 Å². The van der Waals surface area contributed by atoms with Gasteiger partial charge in [-0.25, -0.2) is 4.98 Å². The molecule has 1 aromatic carbocycles. The Kier molecular flexibility index (Phi) is 3.88. The zero-order chi connectivity index (χ0) is 25.1. The molecule has 5 rings (SSSR count). The average Bonchev–Trinajstić information content (AvgIpc) is 2.78. The number of ether oxygens (including phenoxy) is 3. The number of hydrogen-bond acceptors (Lipinski definition) is 7. The van der Waals surface area contributed by atoms with Crippen molar-refractivity contribution in [3.8, 4) is 17.2 Å². The molecule has 1 fully saturated rings. The van der Waals surface area contributed by atoms with Gasteiger partial charge in [0.25, 0.3) is 5.56 Å². The maximum absolute atomic E-state index is 12.5. The van der Waals surface area contributed by atoms with Crippen molar-refractivity contribution in [3.05, 3.63) is 51.4 Å². The molecule has 0 N–H and O–H groups in total. The SMILES string of the molecule is [2H]C1([2H])Oc2ccc(OC3CCN(c4nn5c(=O)cc(C)nc5c(C)c4C)CC3)cc2OC1([2H])[2H]. The molecule has 2 aliphatic rings. The molecule has 162 valence electrons. The van der Waals surface area contributed by atoms with Crippen LogP contribution >= 0.6 is 0 Å². The highest BCUT2D eigenvalue weighted by Gasteiger charge is 2.25. The van der Waals surface area contributed by atoms with Gasteiger partial charge in [0.15, 0.2) is 23.0 Å². The molecule has 0 radical (unpaired) electrons. The minimum Gasteiger partial charge on any atom is -0.490 e. The highest BCUT2D eigenvalue weighted by Crippen LogP contribution is 2.34. The molecule has 0 atom stereocenters. The number of piperidine rings is 1. The zero-order valence-electron chi connectivity index (χ0n) is 21.6. The lowest BCUT2D eigenvalue weighted by Gasteiger charge is -2.34. The van der Waals surface area contributed by atoms with E-state index in [9.17, 15) is 4.79 Å². The van der Waals surface area contributed by atoms with Crippen molar-refractivity contribution in [1.29, 1.82) is 0 Å². The van der Waals surface area contributed by atoms with Crippen LogP contribution in [0.25, 0.3) is 5.65 Å². The Morgan fingerprint density at radius 2 is 1.81 bits per heavy atom. The Morgan fingerprint density at radius 1 is 1.06 bits per heavy atom. The van der Waals surface area contributed by atoms with Gasteiger partial charge in [-0.05, 0) is 32.9 Å². The maximum Gasteiger partial charge on any atom is 0.274 e. The van der Waals surface area contributed by atoms with Crippen LogP contribution in [0.15, 0.2) is 29.1 Å². The summed E-state index contributed by atoms with van der Waals surface area (Å²) in [6.07, 6.45) is 1.36. The van der Waals surface area contributed by atoms with E-state index in [1.54, 1.807) is 13.0 Å². The third-order valence-electron chi connectivity index (χ3n) is 5.78. The summed E-state index contributed by atoms with van der Waals surface area (Å²) in [5.74, 6) is 1.48. The van der Waals surface area contributed by atoms with Crippen LogP contribution in [0.5, 0.6) is 17.2 Å². The largest absolute Gasteiger partial charge is 0.490 e. The van der Waals surface area contributed by atoms with Gasteiger partial charge in [0.05, 0.1) is 5.48 Å². The first-order valence-corrected chi connectivity index (χ1v) is 10.3. The Balaban J connectivity index is 1.30. The fraction of sp³-hybridized carbons (Fsp3) is 0.435. The van der Waals surface area contributed by atoms with Gasteiger partial charge < -0.3 is 19.1 Å². The van der Waals surface area contributed by atoms with Crippen LogP contribution in [0.4, 0.5) is 5.82 Å². The molecule has 0 unspecified atom stereocenters.